The van der Waals surface area contributed by atoms with Gasteiger partial charge in [0.1, 0.15) is 0 Å². The van der Waals surface area contributed by atoms with Gasteiger partial charge in [0.25, 0.3) is 0 Å². The highest BCUT2D eigenvalue weighted by molar-refractivity contribution is 7.89. The van der Waals surface area contributed by atoms with Crippen molar-refractivity contribution in [2.45, 2.75) is 51.1 Å². The summed E-state index contributed by atoms with van der Waals surface area (Å²) in [5.74, 6) is -0.322. The molecule has 0 aromatic heterocycles. The molecular formula is C27H27NO4S. The van der Waals surface area contributed by atoms with E-state index in [-0.39, 0.29) is 12.5 Å². The van der Waals surface area contributed by atoms with Crippen molar-refractivity contribution < 1.29 is 17.9 Å². The van der Waals surface area contributed by atoms with E-state index in [0.717, 1.165) is 58.2 Å². The fourth-order valence-corrected chi connectivity index (χ4v) is 6.52. The van der Waals surface area contributed by atoms with Crippen LogP contribution in [-0.4, -0.2) is 25.3 Å². The van der Waals surface area contributed by atoms with Gasteiger partial charge < -0.3 is 4.74 Å². The van der Waals surface area contributed by atoms with Crippen molar-refractivity contribution in [1.82, 2.24) is 4.31 Å². The van der Waals surface area contributed by atoms with Gasteiger partial charge in [-0.05, 0) is 73.1 Å². The molecule has 0 N–H and O–H groups in total. The van der Waals surface area contributed by atoms with Crippen molar-refractivity contribution in [3.63, 3.8) is 0 Å². The first-order chi connectivity index (χ1) is 15.9. The van der Waals surface area contributed by atoms with Crippen molar-refractivity contribution in [2.75, 3.05) is 6.61 Å². The van der Waals surface area contributed by atoms with Gasteiger partial charge in [-0.25, -0.2) is 13.2 Å². The van der Waals surface area contributed by atoms with Gasteiger partial charge in [-0.1, -0.05) is 48.0 Å². The minimum atomic E-state index is -3.67. The van der Waals surface area contributed by atoms with Gasteiger partial charge in [0.05, 0.1) is 17.1 Å². The Balaban J connectivity index is 1.69. The number of rotatable bonds is 5. The van der Waals surface area contributed by atoms with E-state index in [1.807, 2.05) is 56.3 Å². The first-order valence-corrected chi connectivity index (χ1v) is 12.8. The van der Waals surface area contributed by atoms with E-state index in [0.29, 0.717) is 23.6 Å². The van der Waals surface area contributed by atoms with Gasteiger partial charge in [-0.2, -0.15) is 4.31 Å². The van der Waals surface area contributed by atoms with Crippen LogP contribution in [0.2, 0.25) is 0 Å². The summed E-state index contributed by atoms with van der Waals surface area (Å²) < 4.78 is 34.1. The molecule has 170 valence electrons. The Morgan fingerprint density at radius 3 is 2.27 bits per heavy atom. The summed E-state index contributed by atoms with van der Waals surface area (Å²) in [5, 5.41) is 0. The SMILES string of the molecule is CCOC(=O)c1c2c(c3c(c1-c1ccccc1)CN(S(=O)(=O)c1ccc(C)cc1)C3)CCC2. The summed E-state index contributed by atoms with van der Waals surface area (Å²) in [6, 6.07) is 16.8. The summed E-state index contributed by atoms with van der Waals surface area (Å²) in [5.41, 5.74) is 7.53. The normalized spacial score (nSPS) is 15.3. The third-order valence-corrected chi connectivity index (χ3v) is 8.48. The molecule has 6 heteroatoms. The number of sulfonamides is 1. The average Bonchev–Trinajstić information content (AvgIpc) is 3.46. The number of ether oxygens (including phenoxy) is 1. The zero-order chi connectivity index (χ0) is 23.2. The molecule has 2 aliphatic rings. The zero-order valence-electron chi connectivity index (χ0n) is 18.9. The highest BCUT2D eigenvalue weighted by atomic mass is 32.2. The lowest BCUT2D eigenvalue weighted by atomic mass is 9.85. The summed E-state index contributed by atoms with van der Waals surface area (Å²) in [4.78, 5) is 13.5. The maximum Gasteiger partial charge on any atom is 0.339 e. The van der Waals surface area contributed by atoms with Crippen LogP contribution in [0.15, 0.2) is 59.5 Å². The van der Waals surface area contributed by atoms with Crippen LogP contribution in [0.25, 0.3) is 11.1 Å². The number of nitrogens with zero attached hydrogens (tertiary/aromatic N) is 1. The Morgan fingerprint density at radius 1 is 0.909 bits per heavy atom. The van der Waals surface area contributed by atoms with Crippen LogP contribution in [-0.2, 0) is 40.7 Å². The lowest BCUT2D eigenvalue weighted by Crippen LogP contribution is -2.25. The molecule has 0 spiro atoms. The number of fused-ring (bicyclic) bond motifs is 3. The monoisotopic (exact) mass is 461 g/mol. The van der Waals surface area contributed by atoms with Crippen LogP contribution >= 0.6 is 0 Å². The van der Waals surface area contributed by atoms with Crippen LogP contribution in [0, 0.1) is 6.92 Å². The molecule has 3 aromatic rings. The fraction of sp³-hybridized carbons (Fsp3) is 0.296. The predicted molar refractivity (Wildman–Crippen MR) is 127 cm³/mol. The molecule has 33 heavy (non-hydrogen) atoms. The Labute approximate surface area is 195 Å². The van der Waals surface area contributed by atoms with Gasteiger partial charge in [-0.3, -0.25) is 0 Å². The summed E-state index contributed by atoms with van der Waals surface area (Å²) >= 11 is 0. The minimum absolute atomic E-state index is 0.245. The quantitative estimate of drug-likeness (QED) is 0.500. The molecule has 0 amide bonds. The maximum atomic E-state index is 13.5. The van der Waals surface area contributed by atoms with Gasteiger partial charge in [-0.15, -0.1) is 0 Å². The number of benzene rings is 3. The molecule has 0 unspecified atom stereocenters. The number of hydrogen-bond donors (Lipinski definition) is 0. The Hall–Kier alpha value is -2.96. The van der Waals surface area contributed by atoms with E-state index in [1.54, 1.807) is 16.4 Å². The van der Waals surface area contributed by atoms with E-state index in [1.165, 1.54) is 0 Å². The van der Waals surface area contributed by atoms with Gasteiger partial charge in [0.15, 0.2) is 0 Å². The molecule has 0 bridgehead atoms. The van der Waals surface area contributed by atoms with Crippen molar-refractivity contribution in [2.24, 2.45) is 0 Å². The van der Waals surface area contributed by atoms with Crippen molar-refractivity contribution in [3.05, 3.63) is 88.0 Å². The average molecular weight is 462 g/mol. The Bertz CT molecular complexity index is 1330. The molecule has 5 rings (SSSR count). The second-order valence-electron chi connectivity index (χ2n) is 8.69. The maximum absolute atomic E-state index is 13.5. The Kier molecular flexibility index (Phi) is 5.59. The topological polar surface area (TPSA) is 63.7 Å². The number of esters is 1. The molecule has 0 saturated carbocycles. The van der Waals surface area contributed by atoms with Gasteiger partial charge >= 0.3 is 5.97 Å². The molecule has 0 atom stereocenters. The Morgan fingerprint density at radius 2 is 1.58 bits per heavy atom. The summed E-state index contributed by atoms with van der Waals surface area (Å²) in [7, 11) is -3.67. The first-order valence-electron chi connectivity index (χ1n) is 11.4. The van der Waals surface area contributed by atoms with Crippen molar-refractivity contribution >= 4 is 16.0 Å². The second kappa shape index (κ2) is 8.43. The smallest absolute Gasteiger partial charge is 0.339 e. The largest absolute Gasteiger partial charge is 0.462 e. The molecule has 1 aliphatic heterocycles. The standard InChI is InChI=1S/C27H27NO4S/c1-3-32-27(29)26-22-11-7-10-21(22)23-16-28(33(30,31)20-14-12-18(2)13-15-20)17-24(23)25(26)19-8-5-4-6-9-19/h4-6,8-9,12-15H,3,7,10-11,16-17H2,1-2H3. The van der Waals surface area contributed by atoms with Crippen LogP contribution < -0.4 is 0 Å². The molecule has 1 heterocycles. The third kappa shape index (κ3) is 3.67. The first kappa shape index (κ1) is 21.9. The number of hydrogen-bond acceptors (Lipinski definition) is 4. The zero-order valence-corrected chi connectivity index (χ0v) is 19.7. The second-order valence-corrected chi connectivity index (χ2v) is 10.6. The lowest BCUT2D eigenvalue weighted by Gasteiger charge is -2.19. The molecule has 0 saturated heterocycles. The number of carbonyl (C=O) groups excluding carboxylic acids is 1. The van der Waals surface area contributed by atoms with E-state index >= 15 is 0 Å². The van der Waals surface area contributed by atoms with Gasteiger partial charge in [0, 0.05) is 18.7 Å². The molecule has 1 aliphatic carbocycles. The number of carbonyl (C=O) groups is 1. The van der Waals surface area contributed by atoms with Crippen molar-refractivity contribution in [1.29, 1.82) is 0 Å². The molecule has 3 aromatic carbocycles. The highest BCUT2D eigenvalue weighted by Crippen LogP contribution is 2.44. The van der Waals surface area contributed by atoms with E-state index < -0.39 is 10.0 Å². The van der Waals surface area contributed by atoms with Crippen LogP contribution in [0.3, 0.4) is 0 Å². The lowest BCUT2D eigenvalue weighted by molar-refractivity contribution is 0.0526. The van der Waals surface area contributed by atoms with Gasteiger partial charge in [0.2, 0.25) is 10.0 Å². The van der Waals surface area contributed by atoms with Crippen LogP contribution in [0.4, 0.5) is 0 Å². The number of aryl methyl sites for hydroxylation is 1. The summed E-state index contributed by atoms with van der Waals surface area (Å²) in [6.45, 7) is 4.62. The molecule has 0 fully saturated rings. The van der Waals surface area contributed by atoms with E-state index in [2.05, 4.69) is 0 Å². The van der Waals surface area contributed by atoms with Crippen molar-refractivity contribution in [3.8, 4) is 11.1 Å². The molecule has 5 nitrogen and oxygen atoms in total. The van der Waals surface area contributed by atoms with Crippen LogP contribution in [0.5, 0.6) is 0 Å². The van der Waals surface area contributed by atoms with E-state index in [4.69, 9.17) is 4.74 Å². The molecule has 0 radical (unpaired) electrons. The fourth-order valence-electron chi connectivity index (χ4n) is 5.14. The predicted octanol–water partition coefficient (Wildman–Crippen LogP) is 5.03. The van der Waals surface area contributed by atoms with Crippen LogP contribution in [0.1, 0.15) is 51.5 Å². The summed E-state index contributed by atoms with van der Waals surface area (Å²) in [6.07, 6.45) is 2.62. The molecular weight excluding hydrogens is 434 g/mol. The highest BCUT2D eigenvalue weighted by Gasteiger charge is 2.38. The minimum Gasteiger partial charge on any atom is -0.462 e. The van der Waals surface area contributed by atoms with E-state index in [9.17, 15) is 13.2 Å². The third-order valence-electron chi connectivity index (χ3n) is 6.67.